The Bertz CT molecular complexity index is 299. The van der Waals surface area contributed by atoms with Crippen molar-refractivity contribution in [3.8, 4) is 0 Å². The summed E-state index contributed by atoms with van der Waals surface area (Å²) in [7, 11) is 0. The van der Waals surface area contributed by atoms with Gasteiger partial charge in [-0.1, -0.05) is 124 Å². The molecule has 0 aromatic heterocycles. The third kappa shape index (κ3) is 30.1. The number of unbranched alkanes of at least 4 members (excludes halogenated alkanes) is 14. The summed E-state index contributed by atoms with van der Waals surface area (Å²) in [5.41, 5.74) is 0. The molecule has 0 aliphatic carbocycles. The van der Waals surface area contributed by atoms with Gasteiger partial charge in [-0.2, -0.15) is 0 Å². The molecular weight excluding hydrogens is 344 g/mol. The van der Waals surface area contributed by atoms with Crippen molar-refractivity contribution in [3.63, 3.8) is 0 Å². The van der Waals surface area contributed by atoms with Crippen molar-refractivity contribution >= 4 is 12.6 Å². The van der Waals surface area contributed by atoms with Crippen LogP contribution in [0.4, 0.5) is 0 Å². The van der Waals surface area contributed by atoms with Crippen LogP contribution < -0.4 is 0 Å². The molecule has 2 heteroatoms. The van der Waals surface area contributed by atoms with Crippen LogP contribution in [-0.4, -0.2) is 12.6 Å². The summed E-state index contributed by atoms with van der Waals surface area (Å²) in [5, 5.41) is 0. The zero-order valence-electron chi connectivity index (χ0n) is 19.9. The van der Waals surface area contributed by atoms with E-state index in [9.17, 15) is 9.59 Å². The summed E-state index contributed by atoms with van der Waals surface area (Å²) < 4.78 is 0. The van der Waals surface area contributed by atoms with E-state index in [-0.39, 0.29) is 5.92 Å². The van der Waals surface area contributed by atoms with Crippen molar-refractivity contribution in [2.24, 2.45) is 11.8 Å². The van der Waals surface area contributed by atoms with Gasteiger partial charge in [-0.3, -0.25) is 0 Å². The first-order valence-electron chi connectivity index (χ1n) is 12.5. The van der Waals surface area contributed by atoms with Gasteiger partial charge in [0.15, 0.2) is 0 Å². The second-order valence-corrected chi connectivity index (χ2v) is 8.99. The summed E-state index contributed by atoms with van der Waals surface area (Å²) in [6.07, 6.45) is 25.3. The van der Waals surface area contributed by atoms with Crippen molar-refractivity contribution in [1.82, 2.24) is 0 Å². The molecule has 0 aromatic rings. The Morgan fingerprint density at radius 3 is 1.43 bits per heavy atom. The highest BCUT2D eigenvalue weighted by atomic mass is 16.1. The standard InChI is InChI=1S/2C13H26O/c1-13(2)11-9-7-5-3-4-6-8-10-12-14;1-3-4-5-6-7-8-9-10-11-13(2)12-14/h2*12-13H,3-11H2,1-2H3. The van der Waals surface area contributed by atoms with Gasteiger partial charge in [-0.15, -0.1) is 0 Å². The Labute approximate surface area is 177 Å². The second kappa shape index (κ2) is 26.3. The maximum Gasteiger partial charge on any atom is 0.122 e. The van der Waals surface area contributed by atoms with E-state index in [0.717, 1.165) is 37.8 Å². The van der Waals surface area contributed by atoms with E-state index in [1.807, 2.05) is 6.92 Å². The van der Waals surface area contributed by atoms with Crippen LogP contribution in [0.25, 0.3) is 0 Å². The van der Waals surface area contributed by atoms with E-state index in [0.29, 0.717) is 0 Å². The topological polar surface area (TPSA) is 34.1 Å². The lowest BCUT2D eigenvalue weighted by molar-refractivity contribution is -0.111. The van der Waals surface area contributed by atoms with Crippen LogP contribution in [0, 0.1) is 11.8 Å². The van der Waals surface area contributed by atoms with Gasteiger partial charge < -0.3 is 9.59 Å². The molecule has 0 N–H and O–H groups in total. The molecule has 0 amide bonds. The molecule has 28 heavy (non-hydrogen) atoms. The monoisotopic (exact) mass is 396 g/mol. The molecule has 0 aromatic carbocycles. The third-order valence-electron chi connectivity index (χ3n) is 5.35. The molecule has 0 saturated carbocycles. The Morgan fingerprint density at radius 1 is 0.571 bits per heavy atom. The van der Waals surface area contributed by atoms with Crippen molar-refractivity contribution in [2.45, 2.75) is 143 Å². The quantitative estimate of drug-likeness (QED) is 0.152. The van der Waals surface area contributed by atoms with Crippen molar-refractivity contribution in [3.05, 3.63) is 0 Å². The van der Waals surface area contributed by atoms with Crippen molar-refractivity contribution in [2.75, 3.05) is 0 Å². The number of carbonyl (C=O) groups is 2. The number of hydrogen-bond acceptors (Lipinski definition) is 2. The first-order valence-corrected chi connectivity index (χ1v) is 12.5. The number of rotatable bonds is 20. The largest absolute Gasteiger partial charge is 0.303 e. The molecule has 1 atom stereocenters. The average molecular weight is 397 g/mol. The Kier molecular flexibility index (Phi) is 27.8. The summed E-state index contributed by atoms with van der Waals surface area (Å²) >= 11 is 0. The molecule has 0 saturated heterocycles. The lowest BCUT2D eigenvalue weighted by Crippen LogP contribution is -1.94. The molecule has 0 spiro atoms. The summed E-state index contributed by atoms with van der Waals surface area (Å²) in [6, 6.07) is 0. The molecular formula is C26H52O2. The molecule has 0 fully saturated rings. The van der Waals surface area contributed by atoms with Crippen LogP contribution in [-0.2, 0) is 9.59 Å². The predicted molar refractivity (Wildman–Crippen MR) is 125 cm³/mol. The molecule has 0 radical (unpaired) electrons. The van der Waals surface area contributed by atoms with Gasteiger partial charge >= 0.3 is 0 Å². The highest BCUT2D eigenvalue weighted by molar-refractivity contribution is 5.52. The summed E-state index contributed by atoms with van der Waals surface area (Å²) in [5.74, 6) is 1.14. The molecule has 0 bridgehead atoms. The van der Waals surface area contributed by atoms with Gasteiger partial charge in [-0.05, 0) is 18.8 Å². The number of carbonyl (C=O) groups excluding carboxylic acids is 2. The van der Waals surface area contributed by atoms with Crippen LogP contribution in [0.15, 0.2) is 0 Å². The second-order valence-electron chi connectivity index (χ2n) is 8.99. The zero-order chi connectivity index (χ0) is 21.3. The van der Waals surface area contributed by atoms with Gasteiger partial charge in [-0.25, -0.2) is 0 Å². The van der Waals surface area contributed by atoms with E-state index in [4.69, 9.17) is 0 Å². The zero-order valence-corrected chi connectivity index (χ0v) is 19.9. The van der Waals surface area contributed by atoms with E-state index in [1.54, 1.807) is 0 Å². The lowest BCUT2D eigenvalue weighted by atomic mass is 10.0. The van der Waals surface area contributed by atoms with Gasteiger partial charge in [0.05, 0.1) is 0 Å². The predicted octanol–water partition coefficient (Wildman–Crippen LogP) is 8.70. The minimum Gasteiger partial charge on any atom is -0.303 e. The van der Waals surface area contributed by atoms with Gasteiger partial charge in [0.1, 0.15) is 12.6 Å². The maximum atomic E-state index is 10.3. The Morgan fingerprint density at radius 2 is 1.00 bits per heavy atom. The van der Waals surface area contributed by atoms with Gasteiger partial charge in [0.25, 0.3) is 0 Å². The van der Waals surface area contributed by atoms with Crippen LogP contribution in [0.2, 0.25) is 0 Å². The fourth-order valence-corrected chi connectivity index (χ4v) is 3.33. The first-order chi connectivity index (χ1) is 13.6. The highest BCUT2D eigenvalue weighted by Crippen LogP contribution is 2.13. The SMILES string of the molecule is CC(C)CCCCCCCCCC=O.CCCCCCCCCCC(C)C=O. The van der Waals surface area contributed by atoms with Crippen LogP contribution in [0.5, 0.6) is 0 Å². The van der Waals surface area contributed by atoms with Crippen molar-refractivity contribution < 1.29 is 9.59 Å². The van der Waals surface area contributed by atoms with Crippen LogP contribution in [0.3, 0.4) is 0 Å². The molecule has 168 valence electrons. The Balaban J connectivity index is 0. The Hall–Kier alpha value is -0.660. The number of hydrogen-bond donors (Lipinski definition) is 0. The van der Waals surface area contributed by atoms with Gasteiger partial charge in [0, 0.05) is 12.3 Å². The minimum atomic E-state index is 0.273. The van der Waals surface area contributed by atoms with Crippen molar-refractivity contribution in [1.29, 1.82) is 0 Å². The third-order valence-corrected chi connectivity index (χ3v) is 5.35. The van der Waals surface area contributed by atoms with E-state index < -0.39 is 0 Å². The molecule has 0 rings (SSSR count). The van der Waals surface area contributed by atoms with Gasteiger partial charge in [0.2, 0.25) is 0 Å². The smallest absolute Gasteiger partial charge is 0.122 e. The van der Waals surface area contributed by atoms with Crippen LogP contribution in [0.1, 0.15) is 143 Å². The first kappa shape index (κ1) is 29.5. The van der Waals surface area contributed by atoms with Crippen LogP contribution >= 0.6 is 0 Å². The van der Waals surface area contributed by atoms with E-state index in [1.165, 1.54) is 96.3 Å². The molecule has 0 heterocycles. The maximum absolute atomic E-state index is 10.3. The minimum absolute atomic E-state index is 0.273. The highest BCUT2D eigenvalue weighted by Gasteiger charge is 1.98. The fourth-order valence-electron chi connectivity index (χ4n) is 3.33. The molecule has 2 nitrogen and oxygen atoms in total. The molecule has 0 aliphatic rings. The summed E-state index contributed by atoms with van der Waals surface area (Å²) in [6.45, 7) is 8.84. The fraction of sp³-hybridized carbons (Fsp3) is 0.923. The van der Waals surface area contributed by atoms with E-state index >= 15 is 0 Å². The number of aldehydes is 2. The summed E-state index contributed by atoms with van der Waals surface area (Å²) in [4.78, 5) is 20.4. The van der Waals surface area contributed by atoms with E-state index in [2.05, 4.69) is 20.8 Å². The molecule has 1 unspecified atom stereocenters. The lowest BCUT2D eigenvalue weighted by Gasteiger charge is -2.03. The normalized spacial score (nSPS) is 11.8. The molecule has 0 aliphatic heterocycles. The average Bonchev–Trinajstić information content (AvgIpc) is 2.68.